The highest BCUT2D eigenvalue weighted by molar-refractivity contribution is 7.07. The van der Waals surface area contributed by atoms with E-state index in [9.17, 15) is 4.79 Å². The van der Waals surface area contributed by atoms with E-state index in [0.29, 0.717) is 12.1 Å². The maximum Gasteiger partial charge on any atom is 0.253 e. The lowest BCUT2D eigenvalue weighted by Crippen LogP contribution is -2.48. The number of carbonyl (C=O) groups is 1. The van der Waals surface area contributed by atoms with Crippen LogP contribution in [0.4, 0.5) is 5.69 Å². The Morgan fingerprint density at radius 2 is 1.77 bits per heavy atom. The third-order valence-corrected chi connectivity index (χ3v) is 7.46. The van der Waals surface area contributed by atoms with Crippen molar-refractivity contribution in [2.45, 2.75) is 45.2 Å². The first-order valence-electron chi connectivity index (χ1n) is 11.8. The van der Waals surface area contributed by atoms with Gasteiger partial charge in [0.2, 0.25) is 0 Å². The second-order valence-electron chi connectivity index (χ2n) is 8.94. The molecule has 6 heteroatoms. The van der Waals surface area contributed by atoms with Crippen molar-refractivity contribution in [2.75, 3.05) is 50.7 Å². The van der Waals surface area contributed by atoms with Crippen LogP contribution < -0.4 is 10.2 Å². The molecule has 1 unspecified atom stereocenters. The highest BCUT2D eigenvalue weighted by atomic mass is 32.1. The van der Waals surface area contributed by atoms with E-state index in [4.69, 9.17) is 0 Å². The molecule has 31 heavy (non-hydrogen) atoms. The summed E-state index contributed by atoms with van der Waals surface area (Å²) in [6, 6.07) is 11.6. The molecule has 4 rings (SSSR count). The Morgan fingerprint density at radius 3 is 2.39 bits per heavy atom. The van der Waals surface area contributed by atoms with Crippen molar-refractivity contribution in [3.05, 3.63) is 52.2 Å². The van der Waals surface area contributed by atoms with Crippen molar-refractivity contribution < 1.29 is 4.79 Å². The number of rotatable bonds is 7. The van der Waals surface area contributed by atoms with Crippen molar-refractivity contribution in [3.63, 3.8) is 0 Å². The topological polar surface area (TPSA) is 38.8 Å². The second-order valence-corrected chi connectivity index (χ2v) is 9.72. The Hall–Kier alpha value is -1.89. The fraction of sp³-hybridized carbons (Fsp3) is 0.560. The molecule has 2 aromatic rings. The summed E-state index contributed by atoms with van der Waals surface area (Å²) in [5, 5.41) is 8.23. The Kier molecular flexibility index (Phi) is 7.64. The zero-order valence-electron chi connectivity index (χ0n) is 18.9. The molecule has 0 aliphatic carbocycles. The molecule has 1 aromatic heterocycles. The van der Waals surface area contributed by atoms with E-state index in [2.05, 4.69) is 57.9 Å². The summed E-state index contributed by atoms with van der Waals surface area (Å²) in [7, 11) is 0. The minimum absolute atomic E-state index is 0.171. The standard InChI is InChI=1S/C25H36N4OS/c1-3-27-13-15-29(16-14-27)25(30)22-4-6-24(7-5-22)28-11-8-23(9-12-28)26-20(2)18-21-10-17-31-19-21/h4-7,10,17,19-20,23,26H,3,8-9,11-16,18H2,1-2H3. The number of hydrogen-bond donors (Lipinski definition) is 1. The maximum atomic E-state index is 12.8. The zero-order valence-corrected chi connectivity index (χ0v) is 19.7. The summed E-state index contributed by atoms with van der Waals surface area (Å²) in [6.07, 6.45) is 3.43. The highest BCUT2D eigenvalue weighted by Gasteiger charge is 2.23. The minimum Gasteiger partial charge on any atom is -0.371 e. The summed E-state index contributed by atoms with van der Waals surface area (Å²) in [5.74, 6) is 0.171. The number of anilines is 1. The largest absolute Gasteiger partial charge is 0.371 e. The van der Waals surface area contributed by atoms with Gasteiger partial charge in [-0.3, -0.25) is 4.79 Å². The van der Waals surface area contributed by atoms with Crippen LogP contribution >= 0.6 is 11.3 Å². The number of amides is 1. The predicted molar refractivity (Wildman–Crippen MR) is 130 cm³/mol. The zero-order chi connectivity index (χ0) is 21.6. The average Bonchev–Trinajstić information content (AvgIpc) is 3.32. The molecular weight excluding hydrogens is 404 g/mol. The van der Waals surface area contributed by atoms with Gasteiger partial charge in [0.05, 0.1) is 0 Å². The summed E-state index contributed by atoms with van der Waals surface area (Å²) >= 11 is 1.78. The number of carbonyl (C=O) groups excluding carboxylic acids is 1. The van der Waals surface area contributed by atoms with Gasteiger partial charge in [-0.25, -0.2) is 0 Å². The van der Waals surface area contributed by atoms with Gasteiger partial charge in [0, 0.05) is 62.6 Å². The van der Waals surface area contributed by atoms with E-state index in [0.717, 1.165) is 70.6 Å². The molecular formula is C25H36N4OS. The summed E-state index contributed by atoms with van der Waals surface area (Å²) in [6.45, 7) is 11.3. The molecule has 3 heterocycles. The fourth-order valence-corrected chi connectivity index (χ4v) is 5.47. The normalized spacial score (nSPS) is 19.5. The maximum absolute atomic E-state index is 12.8. The van der Waals surface area contributed by atoms with Crippen molar-refractivity contribution >= 4 is 22.9 Å². The summed E-state index contributed by atoms with van der Waals surface area (Å²) in [4.78, 5) is 19.7. The van der Waals surface area contributed by atoms with Gasteiger partial charge in [0.1, 0.15) is 0 Å². The number of nitrogens with one attached hydrogen (secondary N) is 1. The Morgan fingerprint density at radius 1 is 1.06 bits per heavy atom. The lowest BCUT2D eigenvalue weighted by Gasteiger charge is -2.36. The van der Waals surface area contributed by atoms with Crippen LogP contribution in [-0.4, -0.2) is 73.6 Å². The second kappa shape index (κ2) is 10.6. The lowest BCUT2D eigenvalue weighted by atomic mass is 10.0. The molecule has 0 radical (unpaired) electrons. The first kappa shape index (κ1) is 22.3. The molecule has 168 valence electrons. The number of thiophene rings is 1. The van der Waals surface area contributed by atoms with Crippen LogP contribution in [0.3, 0.4) is 0 Å². The van der Waals surface area contributed by atoms with Crippen LogP contribution in [0.25, 0.3) is 0 Å². The van der Waals surface area contributed by atoms with Crippen LogP contribution in [0.2, 0.25) is 0 Å². The third kappa shape index (κ3) is 5.88. The van der Waals surface area contributed by atoms with Crippen LogP contribution in [0.15, 0.2) is 41.1 Å². The van der Waals surface area contributed by atoms with Gasteiger partial charge >= 0.3 is 0 Å². The van der Waals surface area contributed by atoms with E-state index in [1.807, 2.05) is 17.0 Å². The number of piperidine rings is 1. The van der Waals surface area contributed by atoms with E-state index >= 15 is 0 Å². The van der Waals surface area contributed by atoms with Crippen LogP contribution in [0.5, 0.6) is 0 Å². The quantitative estimate of drug-likeness (QED) is 0.712. The smallest absolute Gasteiger partial charge is 0.253 e. The first-order chi connectivity index (χ1) is 15.1. The van der Waals surface area contributed by atoms with E-state index in [-0.39, 0.29) is 5.91 Å². The van der Waals surface area contributed by atoms with Crippen molar-refractivity contribution in [1.82, 2.24) is 15.1 Å². The number of benzene rings is 1. The SMILES string of the molecule is CCN1CCN(C(=O)c2ccc(N3CCC(NC(C)Cc4ccsc4)CC3)cc2)CC1. The molecule has 1 N–H and O–H groups in total. The number of piperazine rings is 1. The Bertz CT molecular complexity index is 807. The number of hydrogen-bond acceptors (Lipinski definition) is 5. The lowest BCUT2D eigenvalue weighted by molar-refractivity contribution is 0.0643. The third-order valence-electron chi connectivity index (χ3n) is 6.72. The molecule has 0 bridgehead atoms. The van der Waals surface area contributed by atoms with E-state index < -0.39 is 0 Å². The van der Waals surface area contributed by atoms with Gasteiger partial charge in [-0.2, -0.15) is 11.3 Å². The average molecular weight is 441 g/mol. The minimum atomic E-state index is 0.171. The Balaban J connectivity index is 1.24. The molecule has 1 atom stereocenters. The van der Waals surface area contributed by atoms with Crippen LogP contribution in [0.1, 0.15) is 42.6 Å². The first-order valence-corrected chi connectivity index (χ1v) is 12.7. The molecule has 2 saturated heterocycles. The van der Waals surface area contributed by atoms with Gasteiger partial charge in [0.15, 0.2) is 0 Å². The molecule has 2 aliphatic rings. The van der Waals surface area contributed by atoms with E-state index in [1.54, 1.807) is 11.3 Å². The summed E-state index contributed by atoms with van der Waals surface area (Å²) in [5.41, 5.74) is 3.48. The van der Waals surface area contributed by atoms with Crippen molar-refractivity contribution in [1.29, 1.82) is 0 Å². The molecule has 1 aromatic carbocycles. The molecule has 2 aliphatic heterocycles. The van der Waals surface area contributed by atoms with Gasteiger partial charge in [0.25, 0.3) is 5.91 Å². The molecule has 0 spiro atoms. The Labute approximate surface area is 191 Å². The van der Waals surface area contributed by atoms with Gasteiger partial charge in [-0.1, -0.05) is 6.92 Å². The van der Waals surface area contributed by atoms with Crippen LogP contribution in [0, 0.1) is 0 Å². The van der Waals surface area contributed by atoms with Gasteiger partial charge in [-0.15, -0.1) is 0 Å². The fourth-order valence-electron chi connectivity index (χ4n) is 4.79. The van der Waals surface area contributed by atoms with Gasteiger partial charge in [-0.05, 0) is 79.4 Å². The van der Waals surface area contributed by atoms with E-state index in [1.165, 1.54) is 11.3 Å². The highest BCUT2D eigenvalue weighted by Crippen LogP contribution is 2.22. The number of nitrogens with zero attached hydrogens (tertiary/aromatic N) is 3. The molecule has 2 fully saturated rings. The van der Waals surface area contributed by atoms with Crippen molar-refractivity contribution in [3.8, 4) is 0 Å². The summed E-state index contributed by atoms with van der Waals surface area (Å²) < 4.78 is 0. The van der Waals surface area contributed by atoms with Gasteiger partial charge < -0.3 is 20.0 Å². The molecule has 5 nitrogen and oxygen atoms in total. The van der Waals surface area contributed by atoms with Crippen molar-refractivity contribution in [2.24, 2.45) is 0 Å². The molecule has 0 saturated carbocycles. The predicted octanol–water partition coefficient (Wildman–Crippen LogP) is 3.72. The monoisotopic (exact) mass is 440 g/mol. The number of likely N-dealkylation sites (N-methyl/N-ethyl adjacent to an activating group) is 1. The molecule has 1 amide bonds. The van der Waals surface area contributed by atoms with Crippen LogP contribution in [-0.2, 0) is 6.42 Å².